The summed E-state index contributed by atoms with van der Waals surface area (Å²) in [5.41, 5.74) is 1.83. The van der Waals surface area contributed by atoms with E-state index in [2.05, 4.69) is 12.1 Å². The van der Waals surface area contributed by atoms with E-state index in [1.807, 2.05) is 6.92 Å². The number of thioether (sulfide) groups is 1. The van der Waals surface area contributed by atoms with Gasteiger partial charge in [0.2, 0.25) is 0 Å². The van der Waals surface area contributed by atoms with Gasteiger partial charge < -0.3 is 9.47 Å². The Labute approximate surface area is 169 Å². The zero-order chi connectivity index (χ0) is 20.1. The number of aromatic nitrogens is 2. The minimum absolute atomic E-state index is 0.116. The maximum atomic E-state index is 13.3. The molecule has 1 unspecified atom stereocenters. The van der Waals surface area contributed by atoms with Crippen molar-refractivity contribution in [3.63, 3.8) is 0 Å². The Morgan fingerprint density at radius 2 is 2.04 bits per heavy atom. The molecule has 1 aliphatic carbocycles. The molecule has 1 aliphatic rings. The maximum Gasteiger partial charge on any atom is 0.262 e. The van der Waals surface area contributed by atoms with Gasteiger partial charge in [0.25, 0.3) is 5.56 Å². The largest absolute Gasteiger partial charge is 0.493 e. The highest BCUT2D eigenvalue weighted by Crippen LogP contribution is 2.32. The van der Waals surface area contributed by atoms with Gasteiger partial charge in [-0.05, 0) is 45.1 Å². The van der Waals surface area contributed by atoms with Gasteiger partial charge in [-0.2, -0.15) is 5.26 Å². The van der Waals surface area contributed by atoms with Crippen LogP contribution in [0.1, 0.15) is 39.0 Å². The molecule has 28 heavy (non-hydrogen) atoms. The first-order valence-corrected chi connectivity index (χ1v) is 10.4. The second-order valence-corrected chi connectivity index (χ2v) is 8.13. The number of methoxy groups -OCH3 is 2. The Morgan fingerprint density at radius 3 is 2.68 bits per heavy atom. The SMILES string of the molecule is COc1cc2nc(SC(C)C#N)n(CCC3=CCCCC3)c(=O)c2cc1OC. The molecule has 1 atom stereocenters. The molecule has 0 fully saturated rings. The van der Waals surface area contributed by atoms with Crippen LogP contribution in [0.4, 0.5) is 0 Å². The van der Waals surface area contributed by atoms with Gasteiger partial charge in [0.1, 0.15) is 0 Å². The minimum Gasteiger partial charge on any atom is -0.493 e. The van der Waals surface area contributed by atoms with E-state index in [4.69, 9.17) is 14.5 Å². The van der Waals surface area contributed by atoms with E-state index in [-0.39, 0.29) is 10.8 Å². The van der Waals surface area contributed by atoms with E-state index in [0.29, 0.717) is 34.1 Å². The molecule has 0 saturated carbocycles. The summed E-state index contributed by atoms with van der Waals surface area (Å²) in [4.78, 5) is 18.0. The summed E-state index contributed by atoms with van der Waals surface area (Å²) in [6.45, 7) is 2.37. The van der Waals surface area contributed by atoms with Crippen LogP contribution in [-0.4, -0.2) is 29.0 Å². The van der Waals surface area contributed by atoms with Gasteiger partial charge in [-0.3, -0.25) is 9.36 Å². The minimum atomic E-state index is -0.301. The molecular formula is C21H25N3O3S. The third-order valence-electron chi connectivity index (χ3n) is 4.93. The van der Waals surface area contributed by atoms with Crippen LogP contribution in [0, 0.1) is 11.3 Å². The lowest BCUT2D eigenvalue weighted by Gasteiger charge is -2.17. The number of allylic oxidation sites excluding steroid dienone is 2. The number of benzene rings is 1. The van der Waals surface area contributed by atoms with Crippen molar-refractivity contribution in [1.29, 1.82) is 5.26 Å². The van der Waals surface area contributed by atoms with Crippen LogP contribution in [0.3, 0.4) is 0 Å². The predicted octanol–water partition coefficient (Wildman–Crippen LogP) is 4.31. The summed E-state index contributed by atoms with van der Waals surface area (Å²) >= 11 is 1.31. The van der Waals surface area contributed by atoms with Gasteiger partial charge in [-0.25, -0.2) is 4.98 Å². The summed E-state index contributed by atoms with van der Waals surface area (Å²) in [5.74, 6) is 1.03. The quantitative estimate of drug-likeness (QED) is 0.392. The third kappa shape index (κ3) is 4.33. The molecule has 0 saturated heterocycles. The normalized spacial score (nSPS) is 15.0. The van der Waals surface area contributed by atoms with Crippen molar-refractivity contribution in [2.75, 3.05) is 14.2 Å². The van der Waals surface area contributed by atoms with Crippen LogP contribution in [0.2, 0.25) is 0 Å². The molecule has 1 aromatic carbocycles. The second-order valence-electron chi connectivity index (χ2n) is 6.82. The topological polar surface area (TPSA) is 77.1 Å². The lowest BCUT2D eigenvalue weighted by molar-refractivity contribution is 0.355. The molecule has 0 spiro atoms. The van der Waals surface area contributed by atoms with E-state index in [9.17, 15) is 10.1 Å². The number of hydrogen-bond donors (Lipinski definition) is 0. The molecule has 0 amide bonds. The molecule has 7 heteroatoms. The first-order chi connectivity index (χ1) is 13.6. The number of rotatable bonds is 7. The Balaban J connectivity index is 2.08. The molecule has 0 bridgehead atoms. The maximum absolute atomic E-state index is 13.3. The fourth-order valence-electron chi connectivity index (χ4n) is 3.39. The summed E-state index contributed by atoms with van der Waals surface area (Å²) in [6, 6.07) is 5.60. The van der Waals surface area contributed by atoms with Crippen molar-refractivity contribution in [2.24, 2.45) is 0 Å². The molecule has 0 aliphatic heterocycles. The van der Waals surface area contributed by atoms with E-state index in [1.165, 1.54) is 30.2 Å². The van der Waals surface area contributed by atoms with Crippen molar-refractivity contribution in [3.8, 4) is 17.6 Å². The number of ether oxygens (including phenoxy) is 2. The van der Waals surface area contributed by atoms with Crippen LogP contribution in [0.25, 0.3) is 10.9 Å². The van der Waals surface area contributed by atoms with E-state index < -0.39 is 0 Å². The van der Waals surface area contributed by atoms with E-state index in [1.54, 1.807) is 30.9 Å². The van der Waals surface area contributed by atoms with Crippen LogP contribution in [0.5, 0.6) is 11.5 Å². The van der Waals surface area contributed by atoms with E-state index >= 15 is 0 Å². The van der Waals surface area contributed by atoms with Gasteiger partial charge in [0.05, 0.1) is 36.4 Å². The average Bonchev–Trinajstić information content (AvgIpc) is 2.73. The van der Waals surface area contributed by atoms with Crippen LogP contribution < -0.4 is 15.0 Å². The van der Waals surface area contributed by atoms with Crippen LogP contribution >= 0.6 is 11.8 Å². The van der Waals surface area contributed by atoms with Gasteiger partial charge in [0.15, 0.2) is 16.7 Å². The smallest absolute Gasteiger partial charge is 0.262 e. The lowest BCUT2D eigenvalue weighted by Crippen LogP contribution is -2.24. The highest BCUT2D eigenvalue weighted by Gasteiger charge is 2.17. The second kappa shape index (κ2) is 9.16. The van der Waals surface area contributed by atoms with Gasteiger partial charge in [-0.15, -0.1) is 0 Å². The number of nitrogens with zero attached hydrogens (tertiary/aromatic N) is 3. The molecule has 6 nitrogen and oxygen atoms in total. The highest BCUT2D eigenvalue weighted by molar-refractivity contribution is 8.00. The molecule has 148 valence electrons. The Kier molecular flexibility index (Phi) is 6.63. The first kappa shape index (κ1) is 20.3. The Morgan fingerprint density at radius 1 is 1.29 bits per heavy atom. The fraction of sp³-hybridized carbons (Fsp3) is 0.476. The van der Waals surface area contributed by atoms with E-state index in [0.717, 1.165) is 19.3 Å². The predicted molar refractivity (Wildman–Crippen MR) is 111 cm³/mol. The zero-order valence-corrected chi connectivity index (χ0v) is 17.3. The lowest BCUT2D eigenvalue weighted by atomic mass is 9.97. The Bertz CT molecular complexity index is 991. The molecule has 2 aromatic rings. The molecule has 1 heterocycles. The molecule has 1 aromatic heterocycles. The summed E-state index contributed by atoms with van der Waals surface area (Å²) in [5, 5.41) is 9.98. The zero-order valence-electron chi connectivity index (χ0n) is 16.5. The number of fused-ring (bicyclic) bond motifs is 1. The highest BCUT2D eigenvalue weighted by atomic mass is 32.2. The average molecular weight is 400 g/mol. The summed E-state index contributed by atoms with van der Waals surface area (Å²) in [6.07, 6.45) is 7.78. The van der Waals surface area contributed by atoms with Gasteiger partial charge >= 0.3 is 0 Å². The third-order valence-corrected chi connectivity index (χ3v) is 5.91. The molecular weight excluding hydrogens is 374 g/mol. The molecule has 0 radical (unpaired) electrons. The van der Waals surface area contributed by atoms with Gasteiger partial charge in [0, 0.05) is 12.6 Å². The van der Waals surface area contributed by atoms with Crippen molar-refractivity contribution in [1.82, 2.24) is 9.55 Å². The fourth-order valence-corrected chi connectivity index (χ4v) is 4.21. The first-order valence-electron chi connectivity index (χ1n) is 9.48. The Hall–Kier alpha value is -2.46. The van der Waals surface area contributed by atoms with Crippen molar-refractivity contribution >= 4 is 22.7 Å². The van der Waals surface area contributed by atoms with Crippen LogP contribution in [0.15, 0.2) is 33.7 Å². The van der Waals surface area contributed by atoms with Crippen LogP contribution in [-0.2, 0) is 6.54 Å². The van der Waals surface area contributed by atoms with Crippen molar-refractivity contribution in [3.05, 3.63) is 34.1 Å². The number of nitriles is 1. The summed E-state index contributed by atoms with van der Waals surface area (Å²) < 4.78 is 12.4. The molecule has 0 N–H and O–H groups in total. The van der Waals surface area contributed by atoms with Crippen molar-refractivity contribution in [2.45, 2.75) is 56.0 Å². The van der Waals surface area contributed by atoms with Crippen molar-refractivity contribution < 1.29 is 9.47 Å². The number of hydrogen-bond acceptors (Lipinski definition) is 6. The monoisotopic (exact) mass is 399 g/mol. The molecule has 3 rings (SSSR count). The standard InChI is InChI=1S/C21H25N3O3S/c1-14(13-22)28-21-23-17-12-19(27-3)18(26-2)11-16(17)20(25)24(21)10-9-15-7-5-4-6-8-15/h7,11-12,14H,4-6,8-10H2,1-3H3. The van der Waals surface area contributed by atoms with Gasteiger partial charge in [-0.1, -0.05) is 23.4 Å². The summed E-state index contributed by atoms with van der Waals surface area (Å²) in [7, 11) is 3.10.